The van der Waals surface area contributed by atoms with Gasteiger partial charge in [0, 0.05) is 24.2 Å². The third kappa shape index (κ3) is 4.77. The van der Waals surface area contributed by atoms with Gasteiger partial charge in [-0.05, 0) is 55.8 Å². The second kappa shape index (κ2) is 8.55. The lowest BCUT2D eigenvalue weighted by Gasteiger charge is -2.46. The highest BCUT2D eigenvalue weighted by molar-refractivity contribution is 6.30. The summed E-state index contributed by atoms with van der Waals surface area (Å²) in [5.41, 5.74) is 1.39. The summed E-state index contributed by atoms with van der Waals surface area (Å²) in [4.78, 5) is 15.2. The van der Waals surface area contributed by atoms with Crippen molar-refractivity contribution in [2.45, 2.75) is 58.9 Å². The van der Waals surface area contributed by atoms with Gasteiger partial charge in [0.1, 0.15) is 0 Å². The number of nitrogens with zero attached hydrogens (tertiary/aromatic N) is 1. The van der Waals surface area contributed by atoms with Crippen LogP contribution < -0.4 is 5.32 Å². The molecule has 1 aliphatic rings. The second-order valence-corrected chi connectivity index (χ2v) is 8.55. The molecule has 0 saturated carbocycles. The molecule has 1 N–H and O–H groups in total. The molecule has 25 heavy (non-hydrogen) atoms. The van der Waals surface area contributed by atoms with E-state index in [-0.39, 0.29) is 17.4 Å². The van der Waals surface area contributed by atoms with E-state index in [4.69, 9.17) is 11.6 Å². The average Bonchev–Trinajstić information content (AvgIpc) is 2.58. The number of amides is 1. The predicted molar refractivity (Wildman–Crippen MR) is 106 cm³/mol. The number of rotatable bonds is 6. The van der Waals surface area contributed by atoms with Crippen LogP contribution in [0.15, 0.2) is 24.3 Å². The van der Waals surface area contributed by atoms with Crippen molar-refractivity contribution in [2.24, 2.45) is 11.3 Å². The molecule has 3 nitrogen and oxygen atoms in total. The molecule has 1 aromatic carbocycles. The van der Waals surface area contributed by atoms with Crippen LogP contribution in [0.25, 0.3) is 0 Å². The van der Waals surface area contributed by atoms with Crippen molar-refractivity contribution < 1.29 is 4.79 Å². The average molecular weight is 365 g/mol. The summed E-state index contributed by atoms with van der Waals surface area (Å²) in [7, 11) is 1.94. The van der Waals surface area contributed by atoms with Crippen LogP contribution >= 0.6 is 11.6 Å². The van der Waals surface area contributed by atoms with Crippen LogP contribution in [-0.2, 0) is 4.79 Å². The zero-order valence-electron chi connectivity index (χ0n) is 16.3. The molecule has 3 atom stereocenters. The Morgan fingerprint density at radius 1 is 1.36 bits per heavy atom. The Labute approximate surface area is 158 Å². The van der Waals surface area contributed by atoms with Crippen LogP contribution in [0.3, 0.4) is 0 Å². The third-order valence-electron chi connectivity index (χ3n) is 5.79. The van der Waals surface area contributed by atoms with Gasteiger partial charge < -0.3 is 10.2 Å². The Kier molecular flexibility index (Phi) is 6.93. The van der Waals surface area contributed by atoms with E-state index in [9.17, 15) is 4.79 Å². The van der Waals surface area contributed by atoms with Crippen molar-refractivity contribution in [3.05, 3.63) is 34.9 Å². The van der Waals surface area contributed by atoms with Gasteiger partial charge in [-0.25, -0.2) is 0 Å². The van der Waals surface area contributed by atoms with Crippen molar-refractivity contribution in [3.8, 4) is 0 Å². The van der Waals surface area contributed by atoms with Crippen molar-refractivity contribution in [1.82, 2.24) is 10.2 Å². The van der Waals surface area contributed by atoms with Crippen LogP contribution in [-0.4, -0.2) is 37.0 Å². The molecule has 0 aromatic heterocycles. The zero-order valence-corrected chi connectivity index (χ0v) is 17.1. The number of benzene rings is 1. The maximum atomic E-state index is 13.1. The van der Waals surface area contributed by atoms with Gasteiger partial charge in [0.15, 0.2) is 0 Å². The molecular formula is C21H33ClN2O. The Morgan fingerprint density at radius 2 is 2.00 bits per heavy atom. The number of halogens is 1. The molecule has 0 aliphatic carbocycles. The molecule has 1 saturated heterocycles. The molecule has 1 aliphatic heterocycles. The summed E-state index contributed by atoms with van der Waals surface area (Å²) in [5.74, 6) is 0.837. The first-order valence-electron chi connectivity index (χ1n) is 9.51. The molecule has 3 unspecified atom stereocenters. The molecule has 1 amide bonds. The number of likely N-dealkylation sites (tertiary alicyclic amines) is 1. The van der Waals surface area contributed by atoms with Gasteiger partial charge in [-0.3, -0.25) is 4.79 Å². The lowest BCUT2D eigenvalue weighted by atomic mass is 9.70. The molecule has 4 heteroatoms. The Bertz CT molecular complexity index is 570. The third-order valence-corrected chi connectivity index (χ3v) is 6.04. The summed E-state index contributed by atoms with van der Waals surface area (Å²) in [6.45, 7) is 10.5. The molecule has 0 spiro atoms. The lowest BCUT2D eigenvalue weighted by molar-refractivity contribution is -0.140. The number of hydrogen-bond donors (Lipinski definition) is 1. The minimum atomic E-state index is 0.0569. The normalized spacial score (nSPS) is 22.5. The second-order valence-electron chi connectivity index (χ2n) is 8.11. The standard InChI is InChI=1S/C21H33ClN2O/c1-6-7-18(15(2)23-5)20(25)24-13-12-19(21(3,4)14-24)16-8-10-17(22)11-9-16/h8-11,15,18-19,23H,6-7,12-14H2,1-5H3. The van der Waals surface area contributed by atoms with Gasteiger partial charge >= 0.3 is 0 Å². The summed E-state index contributed by atoms with van der Waals surface area (Å²) in [6.07, 6.45) is 2.98. The van der Waals surface area contributed by atoms with Crippen LogP contribution in [0.1, 0.15) is 58.4 Å². The van der Waals surface area contributed by atoms with E-state index < -0.39 is 0 Å². The van der Waals surface area contributed by atoms with E-state index in [2.05, 4.69) is 50.0 Å². The van der Waals surface area contributed by atoms with Gasteiger partial charge in [-0.1, -0.05) is 50.9 Å². The molecule has 140 valence electrons. The minimum Gasteiger partial charge on any atom is -0.342 e. The van der Waals surface area contributed by atoms with Gasteiger partial charge in [0.05, 0.1) is 5.92 Å². The molecular weight excluding hydrogens is 332 g/mol. The van der Waals surface area contributed by atoms with Gasteiger partial charge in [-0.2, -0.15) is 0 Å². The molecule has 1 heterocycles. The maximum Gasteiger partial charge on any atom is 0.227 e. The summed E-state index contributed by atoms with van der Waals surface area (Å²) in [6, 6.07) is 8.42. The Balaban J connectivity index is 2.12. The summed E-state index contributed by atoms with van der Waals surface area (Å²) < 4.78 is 0. The highest BCUT2D eigenvalue weighted by atomic mass is 35.5. The zero-order chi connectivity index (χ0) is 18.6. The van der Waals surface area contributed by atoms with Crippen LogP contribution in [0.4, 0.5) is 0 Å². The molecule has 2 rings (SSSR count). The first kappa shape index (κ1) is 20.3. The lowest BCUT2D eigenvalue weighted by Crippen LogP contribution is -2.51. The van der Waals surface area contributed by atoms with Crippen molar-refractivity contribution in [1.29, 1.82) is 0 Å². The largest absolute Gasteiger partial charge is 0.342 e. The quantitative estimate of drug-likeness (QED) is 0.793. The number of carbonyl (C=O) groups is 1. The maximum absolute atomic E-state index is 13.1. The first-order chi connectivity index (χ1) is 11.8. The fourth-order valence-electron chi connectivity index (χ4n) is 4.19. The van der Waals surface area contributed by atoms with Crippen molar-refractivity contribution in [3.63, 3.8) is 0 Å². The Hall–Kier alpha value is -1.06. The van der Waals surface area contributed by atoms with Crippen LogP contribution in [0.2, 0.25) is 5.02 Å². The fourth-order valence-corrected chi connectivity index (χ4v) is 4.32. The van der Waals surface area contributed by atoms with E-state index in [1.807, 2.05) is 19.2 Å². The predicted octanol–water partition coefficient (Wildman–Crippen LogP) is 4.71. The summed E-state index contributed by atoms with van der Waals surface area (Å²) >= 11 is 6.04. The van der Waals surface area contributed by atoms with Crippen molar-refractivity contribution >= 4 is 17.5 Å². The van der Waals surface area contributed by atoms with Gasteiger partial charge in [-0.15, -0.1) is 0 Å². The van der Waals surface area contributed by atoms with E-state index in [0.717, 1.165) is 37.4 Å². The number of nitrogens with one attached hydrogen (secondary N) is 1. The smallest absolute Gasteiger partial charge is 0.227 e. The number of hydrogen-bond acceptors (Lipinski definition) is 2. The SMILES string of the molecule is CCCC(C(=O)N1CCC(c2ccc(Cl)cc2)C(C)(C)C1)C(C)NC. The highest BCUT2D eigenvalue weighted by Gasteiger charge is 2.40. The summed E-state index contributed by atoms with van der Waals surface area (Å²) in [5, 5.41) is 4.05. The highest BCUT2D eigenvalue weighted by Crippen LogP contribution is 2.42. The molecule has 1 fully saturated rings. The van der Waals surface area contributed by atoms with Gasteiger partial charge in [0.2, 0.25) is 5.91 Å². The van der Waals surface area contributed by atoms with Crippen molar-refractivity contribution in [2.75, 3.05) is 20.1 Å². The minimum absolute atomic E-state index is 0.0569. The van der Waals surface area contributed by atoms with Crippen LogP contribution in [0, 0.1) is 11.3 Å². The Morgan fingerprint density at radius 3 is 2.52 bits per heavy atom. The topological polar surface area (TPSA) is 32.3 Å². The fraction of sp³-hybridized carbons (Fsp3) is 0.667. The molecule has 1 aromatic rings. The first-order valence-corrected chi connectivity index (χ1v) is 9.89. The monoisotopic (exact) mass is 364 g/mol. The van der Waals surface area contributed by atoms with E-state index in [1.165, 1.54) is 5.56 Å². The number of carbonyl (C=O) groups excluding carboxylic acids is 1. The van der Waals surface area contributed by atoms with E-state index >= 15 is 0 Å². The molecule has 0 radical (unpaired) electrons. The molecule has 0 bridgehead atoms. The van der Waals surface area contributed by atoms with Gasteiger partial charge in [0.25, 0.3) is 0 Å². The number of piperidine rings is 1. The van der Waals surface area contributed by atoms with Crippen LogP contribution in [0.5, 0.6) is 0 Å². The van der Waals surface area contributed by atoms with E-state index in [0.29, 0.717) is 11.8 Å². The van der Waals surface area contributed by atoms with E-state index in [1.54, 1.807) is 0 Å².